The smallest absolute Gasteiger partial charge is 0.247 e. The van der Waals surface area contributed by atoms with Crippen LogP contribution in [0.3, 0.4) is 0 Å². The number of nitrogens with zero attached hydrogens (tertiary/aromatic N) is 6. The number of hydrogen-bond acceptors (Lipinski definition) is 6. The van der Waals surface area contributed by atoms with Gasteiger partial charge in [0, 0.05) is 46.7 Å². The zero-order valence-electron chi connectivity index (χ0n) is 13.1. The van der Waals surface area contributed by atoms with Crippen LogP contribution < -0.4 is 9.80 Å². The van der Waals surface area contributed by atoms with Crippen LogP contribution >= 0.6 is 0 Å². The van der Waals surface area contributed by atoms with Crippen molar-refractivity contribution in [3.05, 3.63) is 6.20 Å². The first-order valence-electron chi connectivity index (χ1n) is 7.53. The van der Waals surface area contributed by atoms with E-state index in [-0.39, 0.29) is 5.91 Å². The molecule has 0 aromatic carbocycles. The third kappa shape index (κ3) is 4.03. The standard InChI is InChI=1S/C14H24N6O/c1-4-5-6-18(3)14-16-13(11-15-17-14)20-9-7-19(8-10-20)12(2)21/h11H,4-10H2,1-3H3. The number of hydrogen-bond donors (Lipinski definition) is 0. The van der Waals surface area contributed by atoms with E-state index in [0.29, 0.717) is 5.95 Å². The van der Waals surface area contributed by atoms with E-state index in [0.717, 1.165) is 51.4 Å². The summed E-state index contributed by atoms with van der Waals surface area (Å²) in [6.07, 6.45) is 3.95. The van der Waals surface area contributed by atoms with Gasteiger partial charge in [-0.1, -0.05) is 13.3 Å². The van der Waals surface area contributed by atoms with Gasteiger partial charge in [-0.15, -0.1) is 5.10 Å². The van der Waals surface area contributed by atoms with E-state index in [2.05, 4.69) is 27.0 Å². The molecule has 1 aliphatic heterocycles. The number of anilines is 2. The van der Waals surface area contributed by atoms with E-state index in [1.165, 1.54) is 0 Å². The third-order valence-corrected chi connectivity index (χ3v) is 3.77. The van der Waals surface area contributed by atoms with Gasteiger partial charge in [-0.05, 0) is 6.42 Å². The maximum absolute atomic E-state index is 11.3. The molecule has 1 amide bonds. The number of carbonyl (C=O) groups is 1. The quantitative estimate of drug-likeness (QED) is 0.799. The Bertz CT molecular complexity index is 472. The molecule has 116 valence electrons. The van der Waals surface area contributed by atoms with Gasteiger partial charge in [-0.3, -0.25) is 4.79 Å². The van der Waals surface area contributed by atoms with Crippen LogP contribution in [0.1, 0.15) is 26.7 Å². The fourth-order valence-electron chi connectivity index (χ4n) is 2.35. The highest BCUT2D eigenvalue weighted by Crippen LogP contribution is 2.15. The van der Waals surface area contributed by atoms with Crippen molar-refractivity contribution in [3.63, 3.8) is 0 Å². The van der Waals surface area contributed by atoms with Crippen LogP contribution in [0.2, 0.25) is 0 Å². The Morgan fingerprint density at radius 2 is 2.05 bits per heavy atom. The van der Waals surface area contributed by atoms with Crippen molar-refractivity contribution in [2.24, 2.45) is 0 Å². The lowest BCUT2D eigenvalue weighted by Crippen LogP contribution is -2.48. The van der Waals surface area contributed by atoms with Crippen LogP contribution in [0.4, 0.5) is 11.8 Å². The average Bonchev–Trinajstić information content (AvgIpc) is 2.52. The van der Waals surface area contributed by atoms with Gasteiger partial charge in [0.15, 0.2) is 5.82 Å². The molecular weight excluding hydrogens is 268 g/mol. The fourth-order valence-corrected chi connectivity index (χ4v) is 2.35. The zero-order valence-corrected chi connectivity index (χ0v) is 13.1. The molecular formula is C14H24N6O. The van der Waals surface area contributed by atoms with Crippen LogP contribution in [-0.4, -0.2) is 65.8 Å². The fraction of sp³-hybridized carbons (Fsp3) is 0.714. The van der Waals surface area contributed by atoms with Crippen LogP contribution in [0.25, 0.3) is 0 Å². The van der Waals surface area contributed by atoms with Gasteiger partial charge in [-0.25, -0.2) is 0 Å². The minimum atomic E-state index is 0.135. The van der Waals surface area contributed by atoms with Crippen LogP contribution in [0, 0.1) is 0 Å². The molecule has 0 radical (unpaired) electrons. The van der Waals surface area contributed by atoms with E-state index in [9.17, 15) is 4.79 Å². The molecule has 2 rings (SSSR count). The molecule has 1 aliphatic rings. The van der Waals surface area contributed by atoms with Crippen molar-refractivity contribution < 1.29 is 4.79 Å². The molecule has 0 spiro atoms. The minimum Gasteiger partial charge on any atom is -0.352 e. The molecule has 0 bridgehead atoms. The Morgan fingerprint density at radius 3 is 2.67 bits per heavy atom. The summed E-state index contributed by atoms with van der Waals surface area (Å²) >= 11 is 0. The first kappa shape index (κ1) is 15.5. The summed E-state index contributed by atoms with van der Waals surface area (Å²) in [5, 5.41) is 8.17. The molecule has 7 heteroatoms. The summed E-state index contributed by atoms with van der Waals surface area (Å²) in [5.74, 6) is 1.64. The van der Waals surface area contributed by atoms with Crippen LogP contribution in [-0.2, 0) is 4.79 Å². The molecule has 7 nitrogen and oxygen atoms in total. The van der Waals surface area contributed by atoms with Gasteiger partial charge in [0.25, 0.3) is 0 Å². The summed E-state index contributed by atoms with van der Waals surface area (Å²) in [6, 6.07) is 0. The number of rotatable bonds is 5. The Kier molecular flexibility index (Phi) is 5.30. The largest absolute Gasteiger partial charge is 0.352 e. The second kappa shape index (κ2) is 7.19. The molecule has 0 saturated carbocycles. The number of carbonyl (C=O) groups excluding carboxylic acids is 1. The first-order valence-corrected chi connectivity index (χ1v) is 7.53. The van der Waals surface area contributed by atoms with Crippen molar-refractivity contribution in [2.75, 3.05) is 49.6 Å². The number of amides is 1. The van der Waals surface area contributed by atoms with Gasteiger partial charge < -0.3 is 14.7 Å². The van der Waals surface area contributed by atoms with Crippen molar-refractivity contribution in [1.82, 2.24) is 20.1 Å². The SMILES string of the molecule is CCCCN(C)c1nncc(N2CCN(C(C)=O)CC2)n1. The summed E-state index contributed by atoms with van der Waals surface area (Å²) in [5.41, 5.74) is 0. The summed E-state index contributed by atoms with van der Waals surface area (Å²) in [6.45, 7) is 7.76. The third-order valence-electron chi connectivity index (χ3n) is 3.77. The Morgan fingerprint density at radius 1 is 1.33 bits per heavy atom. The van der Waals surface area contributed by atoms with Crippen LogP contribution in [0.5, 0.6) is 0 Å². The monoisotopic (exact) mass is 292 g/mol. The number of piperazine rings is 1. The van der Waals surface area contributed by atoms with E-state index in [1.807, 2.05) is 16.8 Å². The molecule has 1 fully saturated rings. The van der Waals surface area contributed by atoms with E-state index in [1.54, 1.807) is 13.1 Å². The molecule has 1 aromatic heterocycles. The van der Waals surface area contributed by atoms with Gasteiger partial charge in [0.05, 0.1) is 6.20 Å². The molecule has 0 N–H and O–H groups in total. The maximum Gasteiger partial charge on any atom is 0.247 e. The lowest BCUT2D eigenvalue weighted by atomic mass is 10.3. The molecule has 1 saturated heterocycles. The summed E-state index contributed by atoms with van der Waals surface area (Å²) in [7, 11) is 1.99. The zero-order chi connectivity index (χ0) is 15.2. The molecule has 0 atom stereocenters. The average molecular weight is 292 g/mol. The highest BCUT2D eigenvalue weighted by Gasteiger charge is 2.20. The Balaban J connectivity index is 1.99. The minimum absolute atomic E-state index is 0.135. The summed E-state index contributed by atoms with van der Waals surface area (Å²) < 4.78 is 0. The molecule has 0 unspecified atom stereocenters. The second-order valence-corrected chi connectivity index (χ2v) is 5.38. The number of aromatic nitrogens is 3. The highest BCUT2D eigenvalue weighted by atomic mass is 16.2. The van der Waals surface area contributed by atoms with Gasteiger partial charge in [-0.2, -0.15) is 10.1 Å². The normalized spacial score (nSPS) is 15.2. The Labute approximate surface area is 126 Å². The molecule has 21 heavy (non-hydrogen) atoms. The van der Waals surface area contributed by atoms with Gasteiger partial charge in [0.2, 0.25) is 11.9 Å². The van der Waals surface area contributed by atoms with Gasteiger partial charge >= 0.3 is 0 Å². The van der Waals surface area contributed by atoms with E-state index >= 15 is 0 Å². The topological polar surface area (TPSA) is 65.5 Å². The van der Waals surface area contributed by atoms with E-state index in [4.69, 9.17) is 0 Å². The lowest BCUT2D eigenvalue weighted by molar-refractivity contribution is -0.129. The molecule has 2 heterocycles. The summed E-state index contributed by atoms with van der Waals surface area (Å²) in [4.78, 5) is 22.0. The first-order chi connectivity index (χ1) is 10.1. The van der Waals surface area contributed by atoms with Crippen LogP contribution in [0.15, 0.2) is 6.20 Å². The number of unbranched alkanes of at least 4 members (excludes halogenated alkanes) is 1. The van der Waals surface area contributed by atoms with Crippen molar-refractivity contribution in [2.45, 2.75) is 26.7 Å². The molecule has 0 aliphatic carbocycles. The predicted octanol–water partition coefficient (Wildman–Crippen LogP) is 0.776. The van der Waals surface area contributed by atoms with E-state index < -0.39 is 0 Å². The lowest BCUT2D eigenvalue weighted by Gasteiger charge is -2.34. The van der Waals surface area contributed by atoms with Gasteiger partial charge in [0.1, 0.15) is 0 Å². The second-order valence-electron chi connectivity index (χ2n) is 5.38. The Hall–Kier alpha value is -1.92. The van der Waals surface area contributed by atoms with Crippen molar-refractivity contribution >= 4 is 17.7 Å². The molecule has 1 aromatic rings. The van der Waals surface area contributed by atoms with Crippen molar-refractivity contribution in [3.8, 4) is 0 Å². The highest BCUT2D eigenvalue weighted by molar-refractivity contribution is 5.73. The predicted molar refractivity (Wildman–Crippen MR) is 82.5 cm³/mol. The van der Waals surface area contributed by atoms with Crippen molar-refractivity contribution in [1.29, 1.82) is 0 Å². The maximum atomic E-state index is 11.3.